The predicted molar refractivity (Wildman–Crippen MR) is 62.9 cm³/mol. The van der Waals surface area contributed by atoms with Gasteiger partial charge >= 0.3 is 5.97 Å². The van der Waals surface area contributed by atoms with Crippen LogP contribution in [-0.4, -0.2) is 40.1 Å². The van der Waals surface area contributed by atoms with Crippen molar-refractivity contribution in [1.29, 1.82) is 0 Å². The lowest BCUT2D eigenvalue weighted by atomic mass is 10.2. The van der Waals surface area contributed by atoms with E-state index in [0.717, 1.165) is 0 Å². The second-order valence-electron chi connectivity index (χ2n) is 3.16. The van der Waals surface area contributed by atoms with E-state index in [1.807, 2.05) is 0 Å². The fourth-order valence-corrected chi connectivity index (χ4v) is 4.09. The van der Waals surface area contributed by atoms with Gasteiger partial charge in [-0.2, -0.15) is 0 Å². The van der Waals surface area contributed by atoms with E-state index in [2.05, 4.69) is 5.32 Å². The second kappa shape index (κ2) is 4.76. The minimum atomic E-state index is -0.667. The molecule has 2 heterocycles. The third-order valence-electron chi connectivity index (χ3n) is 2.21. The summed E-state index contributed by atoms with van der Waals surface area (Å²) in [5, 5.41) is 3.19. The topological polar surface area (TPSA) is 55.4 Å². The highest BCUT2D eigenvalue weighted by Crippen LogP contribution is 2.40. The lowest BCUT2D eigenvalue weighted by Gasteiger charge is -2.29. The molecule has 2 bridgehead atoms. The van der Waals surface area contributed by atoms with E-state index in [9.17, 15) is 9.59 Å². The van der Waals surface area contributed by atoms with Gasteiger partial charge in [0.15, 0.2) is 4.87 Å². The van der Waals surface area contributed by atoms with Crippen LogP contribution >= 0.6 is 23.5 Å². The first-order chi connectivity index (χ1) is 6.68. The summed E-state index contributed by atoms with van der Waals surface area (Å²) in [5.41, 5.74) is 0. The van der Waals surface area contributed by atoms with Crippen molar-refractivity contribution in [2.24, 2.45) is 0 Å². The van der Waals surface area contributed by atoms with E-state index in [4.69, 9.17) is 4.74 Å². The molecule has 2 rings (SSSR count). The fraction of sp³-hybridized carbons (Fsp3) is 0.778. The molecule has 4 nitrogen and oxygen atoms in total. The second-order valence-corrected chi connectivity index (χ2v) is 5.46. The Kier molecular flexibility index (Phi) is 4.08. The molecule has 0 aromatic rings. The smallest absolute Gasteiger partial charge is 0.337 e. The number of esters is 1. The largest absolute Gasteiger partial charge is 0.464 e. The number of fused-ring (bicyclic) bond motifs is 2. The van der Waals surface area contributed by atoms with Crippen molar-refractivity contribution in [1.82, 2.24) is 5.32 Å². The maximum atomic E-state index is 11.7. The number of hydrogen-bond acceptors (Lipinski definition) is 6. The van der Waals surface area contributed by atoms with Crippen LogP contribution in [0.4, 0.5) is 0 Å². The zero-order chi connectivity index (χ0) is 10.2. The number of carbonyl (C=O) groups is 2. The molecule has 0 radical (unpaired) electrons. The Morgan fingerprint density at radius 1 is 1.73 bits per heavy atom. The van der Waals surface area contributed by atoms with Gasteiger partial charge in [-0.3, -0.25) is 10.1 Å². The maximum Gasteiger partial charge on any atom is 0.337 e. The summed E-state index contributed by atoms with van der Waals surface area (Å²) in [4.78, 5) is 22.3. The average molecular weight is 249 g/mol. The Morgan fingerprint density at radius 2 is 2.47 bits per heavy atom. The molecule has 0 spiro atoms. The van der Waals surface area contributed by atoms with Crippen molar-refractivity contribution in [2.75, 3.05) is 18.1 Å². The Morgan fingerprint density at radius 3 is 3.13 bits per heavy atom. The summed E-state index contributed by atoms with van der Waals surface area (Å²) >= 11 is 2.71. The normalized spacial score (nSPS) is 33.4. The van der Waals surface area contributed by atoms with Gasteiger partial charge in [0, 0.05) is 11.5 Å². The van der Waals surface area contributed by atoms with Gasteiger partial charge in [0.2, 0.25) is 5.12 Å². The Hall–Kier alpha value is -0.200. The molecule has 0 aromatic carbocycles. The number of nitrogens with one attached hydrogen (secondary N) is 1. The Labute approximate surface area is 97.9 Å². The monoisotopic (exact) mass is 249 g/mol. The van der Waals surface area contributed by atoms with Crippen molar-refractivity contribution in [3.05, 3.63) is 0 Å². The molecule has 2 aliphatic rings. The number of carbonyl (C=O) groups excluding carboxylic acids is 2. The minimum Gasteiger partial charge on any atom is -0.464 e. The van der Waals surface area contributed by atoms with Crippen LogP contribution in [0.3, 0.4) is 0 Å². The van der Waals surface area contributed by atoms with Crippen LogP contribution in [0.25, 0.3) is 0 Å². The third-order valence-corrected chi connectivity index (χ3v) is 4.96. The SMILES string of the molecule is C.CCOC(=O)C12CSC(=O)C(CS1)N2. The van der Waals surface area contributed by atoms with E-state index in [1.165, 1.54) is 23.5 Å². The maximum absolute atomic E-state index is 11.7. The first-order valence-electron chi connectivity index (χ1n) is 4.43. The van der Waals surface area contributed by atoms with Crippen LogP contribution < -0.4 is 5.32 Å². The van der Waals surface area contributed by atoms with Crippen molar-refractivity contribution in [3.8, 4) is 0 Å². The molecule has 0 aliphatic carbocycles. The van der Waals surface area contributed by atoms with E-state index < -0.39 is 4.87 Å². The van der Waals surface area contributed by atoms with Crippen molar-refractivity contribution in [2.45, 2.75) is 25.3 Å². The van der Waals surface area contributed by atoms with Gasteiger partial charge < -0.3 is 4.74 Å². The quantitative estimate of drug-likeness (QED) is 0.733. The van der Waals surface area contributed by atoms with Gasteiger partial charge in [0.1, 0.15) is 0 Å². The van der Waals surface area contributed by atoms with E-state index in [-0.39, 0.29) is 24.6 Å². The van der Waals surface area contributed by atoms with Crippen LogP contribution in [0, 0.1) is 0 Å². The van der Waals surface area contributed by atoms with E-state index >= 15 is 0 Å². The number of thioether (sulfide) groups is 2. The molecule has 2 unspecified atom stereocenters. The van der Waals surface area contributed by atoms with Gasteiger partial charge in [-0.05, 0) is 6.92 Å². The molecule has 2 aliphatic heterocycles. The molecule has 86 valence electrons. The number of rotatable bonds is 2. The van der Waals surface area contributed by atoms with Gasteiger partial charge in [-0.25, -0.2) is 4.79 Å². The standard InChI is InChI=1S/C8H11NO3S2.CH4/c1-2-12-7(11)8-4-13-6(10)5(9-8)3-14-8;/h5,9H,2-4H2,1H3;1H4. The highest BCUT2D eigenvalue weighted by Gasteiger charge is 2.52. The van der Waals surface area contributed by atoms with Crippen molar-refractivity contribution < 1.29 is 14.3 Å². The van der Waals surface area contributed by atoms with Crippen molar-refractivity contribution >= 4 is 34.6 Å². The summed E-state index contributed by atoms with van der Waals surface area (Å²) in [6.45, 7) is 2.17. The summed E-state index contributed by atoms with van der Waals surface area (Å²) in [5.74, 6) is 0.906. The van der Waals surface area contributed by atoms with Crippen LogP contribution in [0.5, 0.6) is 0 Å². The summed E-state index contributed by atoms with van der Waals surface area (Å²) < 4.78 is 4.99. The molecule has 0 amide bonds. The number of hydrogen-bond donors (Lipinski definition) is 1. The van der Waals surface area contributed by atoms with E-state index in [1.54, 1.807) is 6.92 Å². The zero-order valence-electron chi connectivity index (χ0n) is 7.74. The minimum absolute atomic E-state index is 0. The van der Waals surface area contributed by atoms with Gasteiger partial charge in [-0.15, -0.1) is 11.8 Å². The molecule has 2 atom stereocenters. The lowest BCUT2D eigenvalue weighted by molar-refractivity contribution is -0.146. The Bertz CT molecular complexity index is 285. The van der Waals surface area contributed by atoms with Crippen molar-refractivity contribution in [3.63, 3.8) is 0 Å². The first-order valence-corrected chi connectivity index (χ1v) is 6.40. The Balaban J connectivity index is 0.00000112. The molecule has 2 fully saturated rings. The molecular weight excluding hydrogens is 234 g/mol. The summed E-state index contributed by atoms with van der Waals surface area (Å²) in [7, 11) is 0. The highest BCUT2D eigenvalue weighted by molar-refractivity contribution is 8.15. The van der Waals surface area contributed by atoms with Gasteiger partial charge in [-0.1, -0.05) is 19.2 Å². The number of ether oxygens (including phenoxy) is 1. The molecule has 0 aromatic heterocycles. The molecule has 1 N–H and O–H groups in total. The molecular formula is C9H15NO3S2. The molecule has 0 saturated carbocycles. The van der Waals surface area contributed by atoms with Crippen LogP contribution in [0.1, 0.15) is 14.4 Å². The highest BCUT2D eigenvalue weighted by atomic mass is 32.2. The molecule has 6 heteroatoms. The first kappa shape index (κ1) is 12.9. The van der Waals surface area contributed by atoms with Gasteiger partial charge in [0.05, 0.1) is 12.6 Å². The van der Waals surface area contributed by atoms with Gasteiger partial charge in [0.25, 0.3) is 0 Å². The fourth-order valence-electron chi connectivity index (χ4n) is 1.50. The molecule has 2 saturated heterocycles. The summed E-state index contributed by atoms with van der Waals surface area (Å²) in [6, 6.07) is -0.178. The van der Waals surface area contributed by atoms with Crippen LogP contribution in [0.2, 0.25) is 0 Å². The zero-order valence-corrected chi connectivity index (χ0v) is 9.37. The van der Waals surface area contributed by atoms with Crippen LogP contribution in [0.15, 0.2) is 0 Å². The predicted octanol–water partition coefficient (Wildman–Crippen LogP) is 0.860. The molecule has 15 heavy (non-hydrogen) atoms. The lowest BCUT2D eigenvalue weighted by Crippen LogP contribution is -2.56. The average Bonchev–Trinajstić information content (AvgIpc) is 2.54. The van der Waals surface area contributed by atoms with Crippen LogP contribution in [-0.2, 0) is 14.3 Å². The third kappa shape index (κ3) is 2.16. The van der Waals surface area contributed by atoms with E-state index in [0.29, 0.717) is 18.1 Å². The summed E-state index contributed by atoms with van der Waals surface area (Å²) in [6.07, 6.45) is 0.